The third kappa shape index (κ3) is 4.90. The quantitative estimate of drug-likeness (QED) is 0.407. The second-order valence-corrected chi connectivity index (χ2v) is 9.84. The number of thiazole rings is 1. The van der Waals surface area contributed by atoms with Gasteiger partial charge in [0.25, 0.3) is 5.56 Å². The molecule has 1 aliphatic heterocycles. The Morgan fingerprint density at radius 2 is 1.89 bits per heavy atom. The fraction of sp³-hybridized carbons (Fsp3) is 0.360. The van der Waals surface area contributed by atoms with E-state index in [9.17, 15) is 4.79 Å². The topological polar surface area (TPSA) is 98.9 Å². The molecular formula is C25H29N7O2S. The molecule has 0 unspecified atom stereocenters. The fourth-order valence-corrected chi connectivity index (χ4v) is 5.69. The second kappa shape index (κ2) is 10.1. The van der Waals surface area contributed by atoms with Crippen LogP contribution in [0.3, 0.4) is 0 Å². The van der Waals surface area contributed by atoms with Crippen molar-refractivity contribution in [3.8, 4) is 10.6 Å². The van der Waals surface area contributed by atoms with E-state index in [1.165, 1.54) is 17.4 Å². The Bertz CT molecular complexity index is 1380. The molecule has 1 fully saturated rings. The van der Waals surface area contributed by atoms with E-state index in [2.05, 4.69) is 51.1 Å². The largest absolute Gasteiger partial charge is 0.395 e. The Morgan fingerprint density at radius 1 is 1.09 bits per heavy atom. The summed E-state index contributed by atoms with van der Waals surface area (Å²) in [6.45, 7) is 8.79. The van der Waals surface area contributed by atoms with Gasteiger partial charge in [0.15, 0.2) is 4.96 Å². The smallest absolute Gasteiger partial charge is 0.258 e. The first-order valence-corrected chi connectivity index (χ1v) is 12.6. The molecule has 0 radical (unpaired) electrons. The van der Waals surface area contributed by atoms with Crippen LogP contribution in [0.4, 0.5) is 17.3 Å². The van der Waals surface area contributed by atoms with Crippen LogP contribution in [0.1, 0.15) is 25.5 Å². The van der Waals surface area contributed by atoms with Gasteiger partial charge >= 0.3 is 0 Å². The van der Waals surface area contributed by atoms with Gasteiger partial charge in [0.2, 0.25) is 5.95 Å². The third-order valence-corrected chi connectivity index (χ3v) is 7.26. The highest BCUT2D eigenvalue weighted by molar-refractivity contribution is 7.20. The summed E-state index contributed by atoms with van der Waals surface area (Å²) in [5.74, 6) is 0.626. The van der Waals surface area contributed by atoms with Gasteiger partial charge in [-0.25, -0.2) is 15.0 Å². The number of nitrogens with zero attached hydrogens (tertiary/aromatic N) is 6. The van der Waals surface area contributed by atoms with Crippen LogP contribution in [0.2, 0.25) is 0 Å². The molecule has 1 aliphatic rings. The van der Waals surface area contributed by atoms with Gasteiger partial charge in [-0.1, -0.05) is 31.3 Å². The number of benzene rings is 1. The van der Waals surface area contributed by atoms with Crippen LogP contribution >= 0.6 is 11.3 Å². The number of fused-ring (bicyclic) bond motifs is 1. The van der Waals surface area contributed by atoms with Crippen LogP contribution in [0.15, 0.2) is 53.6 Å². The van der Waals surface area contributed by atoms with Crippen molar-refractivity contribution < 1.29 is 5.11 Å². The van der Waals surface area contributed by atoms with Gasteiger partial charge in [0, 0.05) is 62.6 Å². The van der Waals surface area contributed by atoms with E-state index < -0.39 is 0 Å². The predicted octanol–water partition coefficient (Wildman–Crippen LogP) is 3.19. The van der Waals surface area contributed by atoms with Gasteiger partial charge in [-0.15, -0.1) is 0 Å². The van der Waals surface area contributed by atoms with Crippen molar-refractivity contribution in [3.63, 3.8) is 0 Å². The van der Waals surface area contributed by atoms with E-state index >= 15 is 0 Å². The number of anilines is 3. The van der Waals surface area contributed by atoms with Crippen LogP contribution in [0.25, 0.3) is 15.5 Å². The maximum Gasteiger partial charge on any atom is 0.258 e. The molecule has 1 saturated heterocycles. The summed E-state index contributed by atoms with van der Waals surface area (Å²) < 4.78 is 1.68. The Hall–Kier alpha value is -3.34. The molecule has 10 heteroatoms. The second-order valence-electron chi connectivity index (χ2n) is 8.87. The van der Waals surface area contributed by atoms with E-state index in [1.54, 1.807) is 16.8 Å². The first kappa shape index (κ1) is 23.4. The first-order valence-electron chi connectivity index (χ1n) is 11.8. The maximum absolute atomic E-state index is 12.5. The molecule has 0 bridgehead atoms. The van der Waals surface area contributed by atoms with Crippen LogP contribution in [0, 0.1) is 0 Å². The molecule has 4 aromatic rings. The minimum Gasteiger partial charge on any atom is -0.395 e. The summed E-state index contributed by atoms with van der Waals surface area (Å²) >= 11 is 1.47. The lowest BCUT2D eigenvalue weighted by molar-refractivity contribution is 0.189. The molecule has 0 atom stereocenters. The number of aromatic nitrogens is 4. The van der Waals surface area contributed by atoms with Crippen molar-refractivity contribution in [2.45, 2.75) is 19.8 Å². The van der Waals surface area contributed by atoms with E-state index in [1.807, 2.05) is 18.2 Å². The van der Waals surface area contributed by atoms with Crippen LogP contribution in [0.5, 0.6) is 0 Å². The molecule has 182 valence electrons. The zero-order valence-electron chi connectivity index (χ0n) is 19.9. The minimum absolute atomic E-state index is 0.0809. The lowest BCUT2D eigenvalue weighted by Gasteiger charge is -2.35. The maximum atomic E-state index is 12.5. The summed E-state index contributed by atoms with van der Waals surface area (Å²) in [4.78, 5) is 32.4. The van der Waals surface area contributed by atoms with Gasteiger partial charge in [0.05, 0.1) is 22.9 Å². The normalized spacial score (nSPS) is 14.7. The van der Waals surface area contributed by atoms with E-state index in [4.69, 9.17) is 10.1 Å². The zero-order chi connectivity index (χ0) is 24.4. The molecule has 0 spiro atoms. The average Bonchev–Trinajstić information content (AvgIpc) is 3.27. The number of hydrogen-bond donors (Lipinski definition) is 2. The Labute approximate surface area is 207 Å². The van der Waals surface area contributed by atoms with Crippen LogP contribution < -0.4 is 15.8 Å². The Balaban J connectivity index is 1.40. The van der Waals surface area contributed by atoms with Crippen molar-refractivity contribution in [1.82, 2.24) is 24.3 Å². The van der Waals surface area contributed by atoms with Crippen LogP contribution in [-0.2, 0) is 0 Å². The monoisotopic (exact) mass is 491 g/mol. The van der Waals surface area contributed by atoms with Crippen molar-refractivity contribution in [1.29, 1.82) is 0 Å². The molecule has 9 nitrogen and oxygen atoms in total. The third-order valence-electron chi connectivity index (χ3n) is 6.17. The van der Waals surface area contributed by atoms with Crippen molar-refractivity contribution in [2.24, 2.45) is 0 Å². The zero-order valence-corrected chi connectivity index (χ0v) is 20.7. The van der Waals surface area contributed by atoms with Gasteiger partial charge in [-0.2, -0.15) is 0 Å². The van der Waals surface area contributed by atoms with E-state index in [0.29, 0.717) is 10.9 Å². The first-order chi connectivity index (χ1) is 17.0. The number of nitrogens with one attached hydrogen (secondary N) is 1. The summed E-state index contributed by atoms with van der Waals surface area (Å²) in [5.41, 5.74) is 3.65. The van der Waals surface area contributed by atoms with E-state index in [0.717, 1.165) is 60.4 Å². The lowest BCUT2D eigenvalue weighted by Crippen LogP contribution is -2.47. The molecule has 4 heterocycles. The molecule has 5 rings (SSSR count). The van der Waals surface area contributed by atoms with Crippen LogP contribution in [-0.4, -0.2) is 68.7 Å². The van der Waals surface area contributed by atoms with Gasteiger partial charge in [-0.3, -0.25) is 14.1 Å². The minimum atomic E-state index is -0.0809. The standard InChI is InChI=1S/C25H29N7O2S/c1-17(2)22-23(35-25-27-9-7-21(34)32(22)25)20-6-8-26-24(29-20)28-18-4-3-5-19(16-18)31-12-10-30(11-13-31)14-15-33/h3-9,16-17,33H,10-15H2,1-2H3,(H,26,28,29). The summed E-state index contributed by atoms with van der Waals surface area (Å²) in [7, 11) is 0. The summed E-state index contributed by atoms with van der Waals surface area (Å²) in [5, 5.41) is 12.5. The molecule has 1 aromatic carbocycles. The van der Waals surface area contributed by atoms with Gasteiger partial charge < -0.3 is 15.3 Å². The fourth-order valence-electron chi connectivity index (χ4n) is 4.46. The number of rotatable bonds is 7. The number of aliphatic hydroxyl groups is 1. The molecule has 0 saturated carbocycles. The average molecular weight is 492 g/mol. The summed E-state index contributed by atoms with van der Waals surface area (Å²) in [6, 6.07) is 11.6. The number of β-amino-alcohol motifs (C(OH)–C–C–N with tert-alkyl or cyclic N) is 1. The Kier molecular flexibility index (Phi) is 6.76. The lowest BCUT2D eigenvalue weighted by atomic mass is 10.1. The van der Waals surface area contributed by atoms with Gasteiger partial charge in [0.1, 0.15) is 0 Å². The SMILES string of the molecule is CC(C)c1c(-c2ccnc(Nc3cccc(N4CCN(CCO)CC4)c3)n2)sc2nccc(=O)n12. The number of piperazine rings is 1. The Morgan fingerprint density at radius 3 is 2.66 bits per heavy atom. The molecule has 3 aromatic heterocycles. The highest BCUT2D eigenvalue weighted by Crippen LogP contribution is 2.35. The van der Waals surface area contributed by atoms with Crippen molar-refractivity contribution >= 4 is 33.6 Å². The van der Waals surface area contributed by atoms with Gasteiger partial charge in [-0.05, 0) is 30.2 Å². The molecule has 0 aliphatic carbocycles. The summed E-state index contributed by atoms with van der Waals surface area (Å²) in [6.07, 6.45) is 3.29. The predicted molar refractivity (Wildman–Crippen MR) is 140 cm³/mol. The highest BCUT2D eigenvalue weighted by Gasteiger charge is 2.20. The van der Waals surface area contributed by atoms with E-state index in [-0.39, 0.29) is 18.1 Å². The highest BCUT2D eigenvalue weighted by atomic mass is 32.1. The molecule has 2 N–H and O–H groups in total. The van der Waals surface area contributed by atoms with Crippen molar-refractivity contribution in [3.05, 3.63) is 64.8 Å². The van der Waals surface area contributed by atoms with Crippen molar-refractivity contribution in [2.75, 3.05) is 49.5 Å². The molecule has 35 heavy (non-hydrogen) atoms. The molecular weight excluding hydrogens is 462 g/mol. The number of hydrogen-bond acceptors (Lipinski definition) is 9. The number of aliphatic hydroxyl groups excluding tert-OH is 1. The molecule has 0 amide bonds.